The summed E-state index contributed by atoms with van der Waals surface area (Å²) in [6.45, 7) is 4.68. The van der Waals surface area contributed by atoms with Crippen molar-refractivity contribution in [1.29, 1.82) is 0 Å². The van der Waals surface area contributed by atoms with E-state index in [1.807, 2.05) is 12.1 Å². The second-order valence-electron chi connectivity index (χ2n) is 4.22. The maximum atomic E-state index is 5.83. The van der Waals surface area contributed by atoms with Crippen molar-refractivity contribution >= 4 is 0 Å². The van der Waals surface area contributed by atoms with Crippen LogP contribution in [0.5, 0.6) is 5.75 Å². The van der Waals surface area contributed by atoms with Crippen molar-refractivity contribution in [2.24, 2.45) is 0 Å². The molecule has 1 unspecified atom stereocenters. The van der Waals surface area contributed by atoms with Gasteiger partial charge < -0.3 is 9.47 Å². The van der Waals surface area contributed by atoms with Crippen molar-refractivity contribution in [3.63, 3.8) is 0 Å². The van der Waals surface area contributed by atoms with Crippen molar-refractivity contribution in [2.75, 3.05) is 13.7 Å². The van der Waals surface area contributed by atoms with Gasteiger partial charge in [0.05, 0.1) is 19.8 Å². The number of benzene rings is 1. The molecule has 1 heterocycles. The lowest BCUT2D eigenvalue weighted by Gasteiger charge is -2.15. The SMILES string of the molecule is C=C1CCCC(c2ccc(OC)cc2)OC1. The first-order valence-electron chi connectivity index (χ1n) is 5.72. The van der Waals surface area contributed by atoms with Crippen LogP contribution in [0.3, 0.4) is 0 Å². The zero-order valence-electron chi connectivity index (χ0n) is 9.74. The lowest BCUT2D eigenvalue weighted by atomic mass is 10.0. The maximum absolute atomic E-state index is 5.83. The van der Waals surface area contributed by atoms with E-state index in [4.69, 9.17) is 9.47 Å². The van der Waals surface area contributed by atoms with E-state index in [0.29, 0.717) is 6.61 Å². The Morgan fingerprint density at radius 1 is 1.31 bits per heavy atom. The predicted octanol–water partition coefficient (Wildman–Crippen LogP) is 3.49. The highest BCUT2D eigenvalue weighted by Crippen LogP contribution is 2.29. The Balaban J connectivity index is 2.07. The highest BCUT2D eigenvalue weighted by atomic mass is 16.5. The highest BCUT2D eigenvalue weighted by molar-refractivity contribution is 5.28. The van der Waals surface area contributed by atoms with Crippen LogP contribution >= 0.6 is 0 Å². The molecule has 86 valence electrons. The van der Waals surface area contributed by atoms with Crippen LogP contribution in [-0.2, 0) is 4.74 Å². The molecule has 0 N–H and O–H groups in total. The van der Waals surface area contributed by atoms with Gasteiger partial charge in [-0.2, -0.15) is 0 Å². The van der Waals surface area contributed by atoms with Crippen molar-refractivity contribution in [3.05, 3.63) is 42.0 Å². The molecule has 0 radical (unpaired) electrons. The van der Waals surface area contributed by atoms with Crippen LogP contribution in [0.15, 0.2) is 36.4 Å². The van der Waals surface area contributed by atoms with Gasteiger partial charge in [-0.25, -0.2) is 0 Å². The van der Waals surface area contributed by atoms with E-state index in [9.17, 15) is 0 Å². The third kappa shape index (κ3) is 2.64. The summed E-state index contributed by atoms with van der Waals surface area (Å²) in [4.78, 5) is 0. The van der Waals surface area contributed by atoms with Crippen molar-refractivity contribution in [2.45, 2.75) is 25.4 Å². The van der Waals surface area contributed by atoms with Gasteiger partial charge in [0.25, 0.3) is 0 Å². The molecule has 16 heavy (non-hydrogen) atoms. The van der Waals surface area contributed by atoms with Crippen molar-refractivity contribution < 1.29 is 9.47 Å². The second kappa shape index (κ2) is 5.17. The molecule has 2 heteroatoms. The number of rotatable bonds is 2. The molecule has 1 fully saturated rings. The number of ether oxygens (including phenoxy) is 2. The predicted molar refractivity (Wildman–Crippen MR) is 64.7 cm³/mol. The molecule has 0 amide bonds. The van der Waals surface area contributed by atoms with Crippen LogP contribution in [0, 0.1) is 0 Å². The monoisotopic (exact) mass is 218 g/mol. The van der Waals surface area contributed by atoms with Gasteiger partial charge >= 0.3 is 0 Å². The number of hydrogen-bond acceptors (Lipinski definition) is 2. The number of methoxy groups -OCH3 is 1. The van der Waals surface area contributed by atoms with Crippen molar-refractivity contribution in [1.82, 2.24) is 0 Å². The largest absolute Gasteiger partial charge is 0.497 e. The van der Waals surface area contributed by atoms with E-state index >= 15 is 0 Å². The van der Waals surface area contributed by atoms with Crippen molar-refractivity contribution in [3.8, 4) is 5.75 Å². The van der Waals surface area contributed by atoms with Gasteiger partial charge in [0, 0.05) is 0 Å². The fourth-order valence-electron chi connectivity index (χ4n) is 1.99. The molecule has 0 spiro atoms. The third-order valence-electron chi connectivity index (χ3n) is 2.97. The molecule has 1 atom stereocenters. The van der Waals surface area contributed by atoms with Gasteiger partial charge in [-0.1, -0.05) is 24.3 Å². The molecule has 1 aliphatic rings. The fourth-order valence-corrected chi connectivity index (χ4v) is 1.99. The van der Waals surface area contributed by atoms with Crippen LogP contribution in [-0.4, -0.2) is 13.7 Å². The lowest BCUT2D eigenvalue weighted by molar-refractivity contribution is 0.0713. The molecule has 0 aromatic heterocycles. The molecular formula is C14H18O2. The molecule has 1 aromatic carbocycles. The summed E-state index contributed by atoms with van der Waals surface area (Å²) in [7, 11) is 1.68. The Hall–Kier alpha value is -1.28. The minimum Gasteiger partial charge on any atom is -0.497 e. The van der Waals surface area contributed by atoms with E-state index in [0.717, 1.165) is 25.0 Å². The molecule has 2 nitrogen and oxygen atoms in total. The fraction of sp³-hybridized carbons (Fsp3) is 0.429. The normalized spacial score (nSPS) is 21.6. The van der Waals surface area contributed by atoms with Crippen LogP contribution in [0.2, 0.25) is 0 Å². The third-order valence-corrected chi connectivity index (χ3v) is 2.97. The first kappa shape index (κ1) is 11.2. The zero-order valence-corrected chi connectivity index (χ0v) is 9.74. The van der Waals surface area contributed by atoms with Crippen LogP contribution < -0.4 is 4.74 Å². The average molecular weight is 218 g/mol. The van der Waals surface area contributed by atoms with Crippen LogP contribution in [0.25, 0.3) is 0 Å². The lowest BCUT2D eigenvalue weighted by Crippen LogP contribution is -2.03. The summed E-state index contributed by atoms with van der Waals surface area (Å²) in [5.41, 5.74) is 2.44. The Kier molecular flexibility index (Phi) is 3.62. The average Bonchev–Trinajstić information content (AvgIpc) is 2.54. The molecule has 1 aromatic rings. The topological polar surface area (TPSA) is 18.5 Å². The highest BCUT2D eigenvalue weighted by Gasteiger charge is 2.15. The number of hydrogen-bond donors (Lipinski definition) is 0. The van der Waals surface area contributed by atoms with Gasteiger partial charge in [-0.3, -0.25) is 0 Å². The van der Waals surface area contributed by atoms with Crippen LogP contribution in [0.1, 0.15) is 30.9 Å². The Bertz CT molecular complexity index is 354. The van der Waals surface area contributed by atoms with Gasteiger partial charge in [0.1, 0.15) is 5.75 Å². The van der Waals surface area contributed by atoms with Gasteiger partial charge in [-0.05, 0) is 37.0 Å². The van der Waals surface area contributed by atoms with E-state index in [1.165, 1.54) is 11.1 Å². The van der Waals surface area contributed by atoms with E-state index in [1.54, 1.807) is 7.11 Å². The van der Waals surface area contributed by atoms with Gasteiger partial charge in [0.15, 0.2) is 0 Å². The van der Waals surface area contributed by atoms with E-state index < -0.39 is 0 Å². The minimum absolute atomic E-state index is 0.213. The summed E-state index contributed by atoms with van der Waals surface area (Å²) in [6, 6.07) is 8.13. The molecule has 1 aliphatic heterocycles. The molecule has 1 saturated heterocycles. The zero-order chi connectivity index (χ0) is 11.4. The summed E-state index contributed by atoms with van der Waals surface area (Å²) in [5.74, 6) is 0.891. The molecule has 0 bridgehead atoms. The molecule has 0 aliphatic carbocycles. The molecule has 2 rings (SSSR count). The van der Waals surface area contributed by atoms with Crippen LogP contribution in [0.4, 0.5) is 0 Å². The van der Waals surface area contributed by atoms with E-state index in [-0.39, 0.29) is 6.10 Å². The van der Waals surface area contributed by atoms with Gasteiger partial charge in [-0.15, -0.1) is 0 Å². The standard InChI is InChI=1S/C14H18O2/c1-11-4-3-5-14(16-10-11)12-6-8-13(15-2)9-7-12/h6-9,14H,1,3-5,10H2,2H3. The summed E-state index contributed by atoms with van der Waals surface area (Å²) in [6.07, 6.45) is 3.54. The molecule has 0 saturated carbocycles. The maximum Gasteiger partial charge on any atom is 0.118 e. The second-order valence-corrected chi connectivity index (χ2v) is 4.22. The summed E-state index contributed by atoms with van der Waals surface area (Å²) < 4.78 is 11.0. The molecular weight excluding hydrogens is 200 g/mol. The minimum atomic E-state index is 0.213. The van der Waals surface area contributed by atoms with Gasteiger partial charge in [0.2, 0.25) is 0 Å². The smallest absolute Gasteiger partial charge is 0.118 e. The Morgan fingerprint density at radius 3 is 2.75 bits per heavy atom. The Morgan fingerprint density at radius 2 is 2.06 bits per heavy atom. The summed E-state index contributed by atoms with van der Waals surface area (Å²) >= 11 is 0. The quantitative estimate of drug-likeness (QED) is 0.707. The van der Waals surface area contributed by atoms with E-state index in [2.05, 4.69) is 18.7 Å². The first-order chi connectivity index (χ1) is 7.79. The summed E-state index contributed by atoms with van der Waals surface area (Å²) in [5, 5.41) is 0. The Labute approximate surface area is 96.9 Å². The first-order valence-corrected chi connectivity index (χ1v) is 5.72.